The lowest BCUT2D eigenvalue weighted by Gasteiger charge is -2.11. The van der Waals surface area contributed by atoms with Gasteiger partial charge in [-0.15, -0.1) is 0 Å². The number of carbonyl (C=O) groups excluding carboxylic acids is 5. The third-order valence-electron chi connectivity index (χ3n) is 5.25. The van der Waals surface area contributed by atoms with E-state index in [1.54, 1.807) is 31.2 Å². The van der Waals surface area contributed by atoms with Crippen molar-refractivity contribution in [1.82, 2.24) is 4.90 Å². The molecule has 0 bridgehead atoms. The Labute approximate surface area is 194 Å². The number of Topliss-reactive ketones (excluding diaryl/α,β-unsaturated/α-hetero) is 1. The number of anilines is 1. The molecule has 0 saturated carbocycles. The Morgan fingerprint density at radius 2 is 1.65 bits per heavy atom. The molecular formula is C25H20N2O7. The summed E-state index contributed by atoms with van der Waals surface area (Å²) >= 11 is 0. The summed E-state index contributed by atoms with van der Waals surface area (Å²) in [6.45, 7) is 1.20. The van der Waals surface area contributed by atoms with Gasteiger partial charge in [0.25, 0.3) is 11.8 Å². The molecule has 0 fully saturated rings. The Morgan fingerprint density at radius 1 is 0.941 bits per heavy atom. The van der Waals surface area contributed by atoms with Crippen LogP contribution in [0.5, 0.6) is 0 Å². The van der Waals surface area contributed by atoms with Crippen molar-refractivity contribution in [3.05, 3.63) is 88.9 Å². The number of carbonyl (C=O) groups is 5. The first-order valence-corrected chi connectivity index (χ1v) is 10.5. The Kier molecular flexibility index (Phi) is 6.35. The van der Waals surface area contributed by atoms with Crippen LogP contribution < -0.4 is 5.32 Å². The zero-order valence-corrected chi connectivity index (χ0v) is 18.2. The molecule has 1 aliphatic heterocycles. The van der Waals surface area contributed by atoms with Gasteiger partial charge >= 0.3 is 5.97 Å². The van der Waals surface area contributed by atoms with Gasteiger partial charge in [-0.2, -0.15) is 0 Å². The summed E-state index contributed by atoms with van der Waals surface area (Å²) in [5.74, 6) is -1.95. The monoisotopic (exact) mass is 460 g/mol. The number of fused-ring (bicyclic) bond motifs is 1. The van der Waals surface area contributed by atoms with Gasteiger partial charge in [-0.25, -0.2) is 4.79 Å². The molecule has 0 radical (unpaired) electrons. The first-order chi connectivity index (χ1) is 16.4. The molecule has 0 spiro atoms. The third-order valence-corrected chi connectivity index (χ3v) is 5.25. The first-order valence-electron chi connectivity index (χ1n) is 10.5. The molecule has 0 unspecified atom stereocenters. The van der Waals surface area contributed by atoms with Crippen molar-refractivity contribution in [3.63, 3.8) is 0 Å². The molecule has 2 heterocycles. The number of ether oxygens (including phenoxy) is 1. The van der Waals surface area contributed by atoms with E-state index in [4.69, 9.17) is 9.15 Å². The van der Waals surface area contributed by atoms with Crippen LogP contribution in [-0.4, -0.2) is 41.0 Å². The number of nitrogens with one attached hydrogen (secondary N) is 1. The zero-order valence-electron chi connectivity index (χ0n) is 18.2. The quantitative estimate of drug-likeness (QED) is 0.310. The molecule has 3 aromatic rings. The Hall–Kier alpha value is -4.53. The fourth-order valence-electron chi connectivity index (χ4n) is 3.41. The normalized spacial score (nSPS) is 12.4. The number of ketones is 1. The van der Waals surface area contributed by atoms with E-state index in [2.05, 4.69) is 5.32 Å². The van der Waals surface area contributed by atoms with Crippen molar-refractivity contribution in [1.29, 1.82) is 0 Å². The predicted octanol–water partition coefficient (Wildman–Crippen LogP) is 3.46. The smallest absolute Gasteiger partial charge is 0.338 e. The highest BCUT2D eigenvalue weighted by molar-refractivity contribution is 6.21. The summed E-state index contributed by atoms with van der Waals surface area (Å²) in [4.78, 5) is 62.6. The maximum Gasteiger partial charge on any atom is 0.338 e. The second-order valence-corrected chi connectivity index (χ2v) is 7.51. The minimum atomic E-state index is -0.798. The van der Waals surface area contributed by atoms with Gasteiger partial charge in [0.1, 0.15) is 5.76 Å². The highest BCUT2D eigenvalue weighted by Gasteiger charge is 2.36. The van der Waals surface area contributed by atoms with E-state index in [0.717, 1.165) is 4.90 Å². The fraction of sp³-hybridized carbons (Fsp3) is 0.160. The molecule has 4 rings (SSSR count). The van der Waals surface area contributed by atoms with Gasteiger partial charge < -0.3 is 14.5 Å². The number of furan rings is 1. The molecular weight excluding hydrogens is 440 g/mol. The molecule has 34 heavy (non-hydrogen) atoms. The molecule has 2 aromatic carbocycles. The van der Waals surface area contributed by atoms with E-state index in [1.807, 2.05) is 0 Å². The predicted molar refractivity (Wildman–Crippen MR) is 119 cm³/mol. The SMILES string of the molecule is CCC(=O)Nc1ccc(C(=O)COC(=O)c2ccc3c(c2)C(=O)N(Cc2ccco2)C3=O)cc1. The second-order valence-electron chi connectivity index (χ2n) is 7.51. The van der Waals surface area contributed by atoms with Crippen LogP contribution in [-0.2, 0) is 16.1 Å². The number of esters is 1. The Bertz CT molecular complexity index is 1280. The Balaban J connectivity index is 1.39. The van der Waals surface area contributed by atoms with Crippen LogP contribution in [0.4, 0.5) is 5.69 Å². The van der Waals surface area contributed by atoms with E-state index in [0.29, 0.717) is 23.4 Å². The van der Waals surface area contributed by atoms with Gasteiger partial charge in [0.15, 0.2) is 12.4 Å². The second kappa shape index (κ2) is 9.53. The highest BCUT2D eigenvalue weighted by atomic mass is 16.5. The van der Waals surface area contributed by atoms with E-state index < -0.39 is 30.2 Å². The number of hydrogen-bond acceptors (Lipinski definition) is 7. The van der Waals surface area contributed by atoms with Gasteiger partial charge in [0.2, 0.25) is 5.91 Å². The van der Waals surface area contributed by atoms with E-state index in [9.17, 15) is 24.0 Å². The average molecular weight is 460 g/mol. The maximum absolute atomic E-state index is 12.7. The minimum Gasteiger partial charge on any atom is -0.467 e. The van der Waals surface area contributed by atoms with Gasteiger partial charge in [-0.1, -0.05) is 6.92 Å². The van der Waals surface area contributed by atoms with E-state index >= 15 is 0 Å². The first kappa shape index (κ1) is 22.7. The largest absolute Gasteiger partial charge is 0.467 e. The number of rotatable bonds is 8. The van der Waals surface area contributed by atoms with Crippen molar-refractivity contribution in [2.24, 2.45) is 0 Å². The fourth-order valence-corrected chi connectivity index (χ4v) is 3.41. The maximum atomic E-state index is 12.7. The summed E-state index contributed by atoms with van der Waals surface area (Å²) in [6, 6.07) is 13.6. The highest BCUT2D eigenvalue weighted by Crippen LogP contribution is 2.26. The minimum absolute atomic E-state index is 0.0193. The number of nitrogens with zero attached hydrogens (tertiary/aromatic N) is 1. The zero-order chi connectivity index (χ0) is 24.2. The van der Waals surface area contributed by atoms with Crippen molar-refractivity contribution in [2.45, 2.75) is 19.9 Å². The molecule has 1 aromatic heterocycles. The molecule has 9 heteroatoms. The molecule has 0 saturated heterocycles. The molecule has 0 atom stereocenters. The van der Waals surface area contributed by atoms with Crippen LogP contribution in [0.25, 0.3) is 0 Å². The average Bonchev–Trinajstić information content (AvgIpc) is 3.45. The van der Waals surface area contributed by atoms with Crippen molar-refractivity contribution >= 4 is 35.2 Å². The van der Waals surface area contributed by atoms with Crippen LogP contribution in [0, 0.1) is 0 Å². The van der Waals surface area contributed by atoms with Crippen LogP contribution in [0.15, 0.2) is 65.3 Å². The molecule has 9 nitrogen and oxygen atoms in total. The van der Waals surface area contributed by atoms with E-state index in [1.165, 1.54) is 36.6 Å². The van der Waals surface area contributed by atoms with Crippen LogP contribution in [0.1, 0.15) is 60.5 Å². The van der Waals surface area contributed by atoms with E-state index in [-0.39, 0.29) is 29.1 Å². The molecule has 172 valence electrons. The van der Waals surface area contributed by atoms with Gasteiger partial charge in [0, 0.05) is 17.7 Å². The lowest BCUT2D eigenvalue weighted by molar-refractivity contribution is -0.115. The number of benzene rings is 2. The Morgan fingerprint density at radius 3 is 2.32 bits per heavy atom. The molecule has 1 N–H and O–H groups in total. The summed E-state index contributed by atoms with van der Waals surface area (Å²) in [7, 11) is 0. The van der Waals surface area contributed by atoms with Crippen molar-refractivity contribution in [3.8, 4) is 0 Å². The summed E-state index contributed by atoms with van der Waals surface area (Å²) in [6.07, 6.45) is 1.78. The molecule has 0 aliphatic carbocycles. The van der Waals surface area contributed by atoms with Crippen LogP contribution in [0.2, 0.25) is 0 Å². The van der Waals surface area contributed by atoms with Crippen molar-refractivity contribution < 1.29 is 33.1 Å². The number of amides is 3. The van der Waals surface area contributed by atoms with Crippen LogP contribution >= 0.6 is 0 Å². The summed E-state index contributed by atoms with van der Waals surface area (Å²) in [5.41, 5.74) is 1.18. The van der Waals surface area contributed by atoms with Gasteiger partial charge in [-0.3, -0.25) is 24.1 Å². The molecule has 3 amide bonds. The van der Waals surface area contributed by atoms with Crippen LogP contribution in [0.3, 0.4) is 0 Å². The number of hydrogen-bond donors (Lipinski definition) is 1. The van der Waals surface area contributed by atoms with Gasteiger partial charge in [0.05, 0.1) is 29.5 Å². The third kappa shape index (κ3) is 4.63. The summed E-state index contributed by atoms with van der Waals surface area (Å²) < 4.78 is 10.3. The number of imide groups is 1. The summed E-state index contributed by atoms with van der Waals surface area (Å²) in [5, 5.41) is 2.68. The van der Waals surface area contributed by atoms with Crippen molar-refractivity contribution in [2.75, 3.05) is 11.9 Å². The lowest BCUT2D eigenvalue weighted by atomic mass is 10.1. The molecule has 1 aliphatic rings. The topological polar surface area (TPSA) is 123 Å². The lowest BCUT2D eigenvalue weighted by Crippen LogP contribution is -2.28. The standard InChI is InChI=1S/C25H20N2O7/c1-2-22(29)26-17-8-5-15(6-9-17)21(28)14-34-25(32)16-7-10-19-20(12-16)24(31)27(23(19)30)13-18-4-3-11-33-18/h3-12H,2,13-14H2,1H3,(H,26,29). The van der Waals surface area contributed by atoms with Gasteiger partial charge in [-0.05, 0) is 54.6 Å².